The van der Waals surface area contributed by atoms with Crippen LogP contribution in [0.5, 0.6) is 17.2 Å². The molecule has 0 bridgehead atoms. The maximum Gasteiger partial charge on any atom is 0.203 e. The lowest BCUT2D eigenvalue weighted by atomic mass is 10.1. The van der Waals surface area contributed by atoms with Gasteiger partial charge in [0.25, 0.3) is 0 Å². The van der Waals surface area contributed by atoms with E-state index in [1.165, 1.54) is 11.1 Å². The second-order valence-corrected chi connectivity index (χ2v) is 5.54. The van der Waals surface area contributed by atoms with Gasteiger partial charge in [-0.1, -0.05) is 0 Å². The molecule has 0 atom stereocenters. The van der Waals surface area contributed by atoms with E-state index in [1.54, 1.807) is 21.3 Å². The molecule has 130 valence electrons. The van der Waals surface area contributed by atoms with Gasteiger partial charge in [-0.25, -0.2) is 0 Å². The molecule has 0 amide bonds. The molecule has 5 nitrogen and oxygen atoms in total. The SMILES string of the molecule is COc1cc(CCOCc2nccc(C)c2C)cc(OC)c1OC. The molecule has 0 saturated heterocycles. The van der Waals surface area contributed by atoms with E-state index in [0.717, 1.165) is 17.7 Å². The van der Waals surface area contributed by atoms with Crippen LogP contribution >= 0.6 is 0 Å². The first-order chi connectivity index (χ1) is 11.6. The van der Waals surface area contributed by atoms with Gasteiger partial charge in [0.15, 0.2) is 11.5 Å². The first-order valence-corrected chi connectivity index (χ1v) is 7.88. The minimum atomic E-state index is 0.512. The first-order valence-electron chi connectivity index (χ1n) is 7.88. The van der Waals surface area contributed by atoms with E-state index in [1.807, 2.05) is 24.4 Å². The molecule has 0 saturated carbocycles. The Morgan fingerprint density at radius 1 is 0.958 bits per heavy atom. The van der Waals surface area contributed by atoms with Gasteiger partial charge in [-0.05, 0) is 55.2 Å². The zero-order valence-electron chi connectivity index (χ0n) is 15.0. The fraction of sp³-hybridized carbons (Fsp3) is 0.421. The Morgan fingerprint density at radius 2 is 1.62 bits per heavy atom. The van der Waals surface area contributed by atoms with Gasteiger partial charge in [-0.2, -0.15) is 0 Å². The van der Waals surface area contributed by atoms with Crippen LogP contribution in [0.4, 0.5) is 0 Å². The zero-order chi connectivity index (χ0) is 17.5. The predicted molar refractivity (Wildman–Crippen MR) is 93.2 cm³/mol. The van der Waals surface area contributed by atoms with E-state index < -0.39 is 0 Å². The van der Waals surface area contributed by atoms with Crippen LogP contribution in [0.3, 0.4) is 0 Å². The molecule has 5 heteroatoms. The fourth-order valence-electron chi connectivity index (χ4n) is 2.47. The van der Waals surface area contributed by atoms with Gasteiger partial charge < -0.3 is 18.9 Å². The van der Waals surface area contributed by atoms with Gasteiger partial charge in [-0.15, -0.1) is 0 Å². The molecule has 0 aliphatic rings. The molecular formula is C19H25NO4. The average Bonchev–Trinajstić information content (AvgIpc) is 2.61. The number of hydrogen-bond acceptors (Lipinski definition) is 5. The quantitative estimate of drug-likeness (QED) is 0.693. The molecule has 1 aromatic heterocycles. The van der Waals surface area contributed by atoms with Crippen molar-refractivity contribution in [2.24, 2.45) is 0 Å². The number of rotatable bonds is 8. The van der Waals surface area contributed by atoms with Gasteiger partial charge in [0.1, 0.15) is 0 Å². The van der Waals surface area contributed by atoms with Crippen molar-refractivity contribution in [3.8, 4) is 17.2 Å². The second-order valence-electron chi connectivity index (χ2n) is 5.54. The topological polar surface area (TPSA) is 49.8 Å². The van der Waals surface area contributed by atoms with Crippen molar-refractivity contribution >= 4 is 0 Å². The summed E-state index contributed by atoms with van der Waals surface area (Å²) in [5.41, 5.74) is 4.47. The standard InChI is InChI=1S/C19H25NO4/c1-13-6-8-20-16(14(13)2)12-24-9-7-15-10-17(21-3)19(23-5)18(11-15)22-4/h6,8,10-11H,7,9,12H2,1-5H3. The van der Waals surface area contributed by atoms with Crippen molar-refractivity contribution in [1.29, 1.82) is 0 Å². The van der Waals surface area contributed by atoms with E-state index in [0.29, 0.717) is 30.5 Å². The van der Waals surface area contributed by atoms with Crippen molar-refractivity contribution < 1.29 is 18.9 Å². The number of aromatic nitrogens is 1. The Balaban J connectivity index is 1.98. The number of methoxy groups -OCH3 is 3. The molecule has 2 aromatic rings. The smallest absolute Gasteiger partial charge is 0.203 e. The summed E-state index contributed by atoms with van der Waals surface area (Å²) in [6.45, 7) is 5.25. The lowest BCUT2D eigenvalue weighted by molar-refractivity contribution is 0.120. The van der Waals surface area contributed by atoms with Gasteiger partial charge in [0.2, 0.25) is 5.75 Å². The highest BCUT2D eigenvalue weighted by molar-refractivity contribution is 5.53. The highest BCUT2D eigenvalue weighted by Crippen LogP contribution is 2.38. The molecule has 0 unspecified atom stereocenters. The monoisotopic (exact) mass is 331 g/mol. The molecular weight excluding hydrogens is 306 g/mol. The van der Waals surface area contributed by atoms with Gasteiger partial charge >= 0.3 is 0 Å². The summed E-state index contributed by atoms with van der Waals surface area (Å²) >= 11 is 0. The van der Waals surface area contributed by atoms with Crippen LogP contribution in [0, 0.1) is 13.8 Å². The third kappa shape index (κ3) is 4.17. The lowest BCUT2D eigenvalue weighted by Gasteiger charge is -2.14. The van der Waals surface area contributed by atoms with Crippen LogP contribution in [0.15, 0.2) is 24.4 Å². The van der Waals surface area contributed by atoms with E-state index in [2.05, 4.69) is 18.8 Å². The van der Waals surface area contributed by atoms with Crippen molar-refractivity contribution in [3.05, 3.63) is 46.8 Å². The Bertz CT molecular complexity index is 660. The molecule has 0 radical (unpaired) electrons. The summed E-state index contributed by atoms with van der Waals surface area (Å²) in [6.07, 6.45) is 2.57. The summed E-state index contributed by atoms with van der Waals surface area (Å²) in [6, 6.07) is 5.90. The van der Waals surface area contributed by atoms with Crippen molar-refractivity contribution in [1.82, 2.24) is 4.98 Å². The first kappa shape index (κ1) is 18.1. The maximum atomic E-state index is 5.79. The van der Waals surface area contributed by atoms with Crippen LogP contribution in [0.2, 0.25) is 0 Å². The summed E-state index contributed by atoms with van der Waals surface area (Å²) in [7, 11) is 4.83. The van der Waals surface area contributed by atoms with Gasteiger partial charge in [0, 0.05) is 6.20 Å². The lowest BCUT2D eigenvalue weighted by Crippen LogP contribution is -2.04. The number of hydrogen-bond donors (Lipinski definition) is 0. The molecule has 0 aliphatic carbocycles. The third-order valence-electron chi connectivity index (χ3n) is 4.08. The number of nitrogens with zero attached hydrogens (tertiary/aromatic N) is 1. The van der Waals surface area contributed by atoms with Gasteiger partial charge in [-0.3, -0.25) is 4.98 Å². The van der Waals surface area contributed by atoms with Gasteiger partial charge in [0.05, 0.1) is 40.2 Å². The van der Waals surface area contributed by atoms with Crippen molar-refractivity contribution in [3.63, 3.8) is 0 Å². The molecule has 0 fully saturated rings. The summed E-state index contributed by atoms with van der Waals surface area (Å²) in [4.78, 5) is 4.38. The van der Waals surface area contributed by atoms with Crippen LogP contribution < -0.4 is 14.2 Å². The molecule has 2 rings (SSSR count). The van der Waals surface area contributed by atoms with Crippen LogP contribution in [-0.2, 0) is 17.8 Å². The summed E-state index contributed by atoms with van der Waals surface area (Å²) in [5.74, 6) is 1.91. The maximum absolute atomic E-state index is 5.79. The Morgan fingerprint density at radius 3 is 2.21 bits per heavy atom. The number of aryl methyl sites for hydroxylation is 1. The number of ether oxygens (including phenoxy) is 4. The third-order valence-corrected chi connectivity index (χ3v) is 4.08. The normalized spacial score (nSPS) is 10.5. The average molecular weight is 331 g/mol. The largest absolute Gasteiger partial charge is 0.493 e. The predicted octanol–water partition coefficient (Wildman–Crippen LogP) is 3.48. The van der Waals surface area contributed by atoms with Crippen LogP contribution in [0.1, 0.15) is 22.4 Å². The minimum absolute atomic E-state index is 0.512. The Kier molecular flexibility index (Phi) is 6.44. The number of benzene rings is 1. The van der Waals surface area contributed by atoms with Crippen LogP contribution in [0.25, 0.3) is 0 Å². The fourth-order valence-corrected chi connectivity index (χ4v) is 2.47. The summed E-state index contributed by atoms with van der Waals surface area (Å²) in [5, 5.41) is 0. The molecule has 1 heterocycles. The molecule has 0 aliphatic heterocycles. The Labute approximate surface area is 143 Å². The highest BCUT2D eigenvalue weighted by atomic mass is 16.5. The molecule has 0 spiro atoms. The summed E-state index contributed by atoms with van der Waals surface area (Å²) < 4.78 is 21.9. The number of pyridine rings is 1. The Hall–Kier alpha value is -2.27. The highest BCUT2D eigenvalue weighted by Gasteiger charge is 2.13. The minimum Gasteiger partial charge on any atom is -0.493 e. The second kappa shape index (κ2) is 8.55. The van der Waals surface area contributed by atoms with Crippen molar-refractivity contribution in [2.45, 2.75) is 26.9 Å². The molecule has 0 N–H and O–H groups in total. The van der Waals surface area contributed by atoms with E-state index in [9.17, 15) is 0 Å². The van der Waals surface area contributed by atoms with E-state index in [-0.39, 0.29) is 0 Å². The molecule has 1 aromatic carbocycles. The van der Waals surface area contributed by atoms with E-state index in [4.69, 9.17) is 18.9 Å². The zero-order valence-corrected chi connectivity index (χ0v) is 15.0. The van der Waals surface area contributed by atoms with Crippen molar-refractivity contribution in [2.75, 3.05) is 27.9 Å². The van der Waals surface area contributed by atoms with E-state index >= 15 is 0 Å². The van der Waals surface area contributed by atoms with Crippen LogP contribution in [-0.4, -0.2) is 32.9 Å². The molecule has 24 heavy (non-hydrogen) atoms.